The lowest BCUT2D eigenvalue weighted by Crippen LogP contribution is -2.48. The van der Waals surface area contributed by atoms with Crippen LogP contribution in [0.25, 0.3) is 0 Å². The Kier molecular flexibility index (Phi) is 4.12. The lowest BCUT2D eigenvalue weighted by molar-refractivity contribution is 0.157. The number of sulfonamides is 1. The molecule has 0 aromatic heterocycles. The SMILES string of the molecule is Cc1ccc(S(=O)(=O)N2CC(C)CC(C)C2C)cc1N. The van der Waals surface area contributed by atoms with Gasteiger partial charge in [-0.1, -0.05) is 19.9 Å². The minimum absolute atomic E-state index is 0.0266. The van der Waals surface area contributed by atoms with Crippen molar-refractivity contribution in [3.8, 4) is 0 Å². The molecule has 1 aliphatic rings. The van der Waals surface area contributed by atoms with E-state index in [1.807, 2.05) is 13.8 Å². The molecule has 0 bridgehead atoms. The fourth-order valence-corrected chi connectivity index (χ4v) is 4.78. The maximum absolute atomic E-state index is 12.8. The van der Waals surface area contributed by atoms with Crippen LogP contribution in [0.5, 0.6) is 0 Å². The summed E-state index contributed by atoms with van der Waals surface area (Å²) in [7, 11) is -3.46. The number of benzene rings is 1. The number of anilines is 1. The Morgan fingerprint density at radius 1 is 1.25 bits per heavy atom. The van der Waals surface area contributed by atoms with Crippen LogP contribution < -0.4 is 5.73 Å². The fourth-order valence-electron chi connectivity index (χ4n) is 2.89. The second-order valence-corrected chi connectivity index (χ2v) is 8.04. The second-order valence-electron chi connectivity index (χ2n) is 6.15. The lowest BCUT2D eigenvalue weighted by Gasteiger charge is -2.40. The van der Waals surface area contributed by atoms with Gasteiger partial charge in [0.15, 0.2) is 0 Å². The Hall–Kier alpha value is -1.07. The molecule has 4 nitrogen and oxygen atoms in total. The van der Waals surface area contributed by atoms with E-state index in [2.05, 4.69) is 13.8 Å². The molecule has 0 amide bonds. The standard InChI is InChI=1S/C15H24N2O2S/c1-10-7-12(3)13(4)17(9-10)20(18,19)14-6-5-11(2)15(16)8-14/h5-6,8,10,12-13H,7,9,16H2,1-4H3. The van der Waals surface area contributed by atoms with E-state index in [9.17, 15) is 8.42 Å². The number of nitrogens with zero attached hydrogens (tertiary/aromatic N) is 1. The van der Waals surface area contributed by atoms with Crippen LogP contribution in [-0.2, 0) is 10.0 Å². The van der Waals surface area contributed by atoms with E-state index in [1.54, 1.807) is 22.5 Å². The highest BCUT2D eigenvalue weighted by atomic mass is 32.2. The number of nitrogen functional groups attached to an aromatic ring is 1. The van der Waals surface area contributed by atoms with E-state index in [-0.39, 0.29) is 6.04 Å². The summed E-state index contributed by atoms with van der Waals surface area (Å²) in [4.78, 5) is 0.300. The van der Waals surface area contributed by atoms with E-state index in [0.717, 1.165) is 12.0 Å². The van der Waals surface area contributed by atoms with Crippen molar-refractivity contribution in [3.05, 3.63) is 23.8 Å². The highest BCUT2D eigenvalue weighted by molar-refractivity contribution is 7.89. The molecular weight excluding hydrogens is 272 g/mol. The van der Waals surface area contributed by atoms with Crippen LogP contribution in [0.2, 0.25) is 0 Å². The summed E-state index contributed by atoms with van der Waals surface area (Å²) in [5, 5.41) is 0. The monoisotopic (exact) mass is 296 g/mol. The van der Waals surface area contributed by atoms with Gasteiger partial charge in [0.05, 0.1) is 4.90 Å². The topological polar surface area (TPSA) is 63.4 Å². The van der Waals surface area contributed by atoms with Gasteiger partial charge in [0.25, 0.3) is 0 Å². The summed E-state index contributed by atoms with van der Waals surface area (Å²) in [6, 6.07) is 5.02. The van der Waals surface area contributed by atoms with Crippen LogP contribution in [-0.4, -0.2) is 25.3 Å². The Morgan fingerprint density at radius 3 is 2.50 bits per heavy atom. The van der Waals surface area contributed by atoms with Gasteiger partial charge in [0, 0.05) is 18.3 Å². The molecule has 2 rings (SSSR count). The predicted octanol–water partition coefficient (Wildman–Crippen LogP) is 2.63. The molecular formula is C15H24N2O2S. The van der Waals surface area contributed by atoms with Gasteiger partial charge in [0.2, 0.25) is 10.0 Å². The van der Waals surface area contributed by atoms with Crippen molar-refractivity contribution >= 4 is 15.7 Å². The van der Waals surface area contributed by atoms with E-state index in [1.165, 1.54) is 0 Å². The van der Waals surface area contributed by atoms with Crippen molar-refractivity contribution in [1.82, 2.24) is 4.31 Å². The smallest absolute Gasteiger partial charge is 0.243 e. The minimum atomic E-state index is -3.46. The minimum Gasteiger partial charge on any atom is -0.398 e. The van der Waals surface area contributed by atoms with Gasteiger partial charge in [-0.05, 0) is 49.8 Å². The zero-order valence-electron chi connectivity index (χ0n) is 12.6. The van der Waals surface area contributed by atoms with Gasteiger partial charge in [-0.25, -0.2) is 8.42 Å². The maximum atomic E-state index is 12.8. The number of aryl methyl sites for hydroxylation is 1. The van der Waals surface area contributed by atoms with Crippen molar-refractivity contribution in [3.63, 3.8) is 0 Å². The molecule has 3 atom stereocenters. The van der Waals surface area contributed by atoms with Gasteiger partial charge >= 0.3 is 0 Å². The summed E-state index contributed by atoms with van der Waals surface area (Å²) in [6.45, 7) is 8.67. The molecule has 1 heterocycles. The zero-order valence-corrected chi connectivity index (χ0v) is 13.4. The first-order chi connectivity index (χ1) is 9.23. The van der Waals surface area contributed by atoms with E-state index in [4.69, 9.17) is 5.73 Å². The van der Waals surface area contributed by atoms with Gasteiger partial charge in [-0.2, -0.15) is 4.31 Å². The predicted molar refractivity (Wildman–Crippen MR) is 81.9 cm³/mol. The summed E-state index contributed by atoms with van der Waals surface area (Å²) >= 11 is 0. The number of piperidine rings is 1. The number of nitrogens with two attached hydrogens (primary N) is 1. The summed E-state index contributed by atoms with van der Waals surface area (Å²) in [5.74, 6) is 0.759. The molecule has 2 N–H and O–H groups in total. The molecule has 0 radical (unpaired) electrons. The Labute approximate surface area is 122 Å². The third kappa shape index (κ3) is 2.69. The number of rotatable bonds is 2. The molecule has 1 aromatic carbocycles. The molecule has 1 saturated heterocycles. The highest BCUT2D eigenvalue weighted by Gasteiger charge is 2.37. The molecule has 0 aliphatic carbocycles. The number of hydrogen-bond donors (Lipinski definition) is 1. The van der Waals surface area contributed by atoms with Crippen molar-refractivity contribution < 1.29 is 8.42 Å². The molecule has 1 aliphatic heterocycles. The van der Waals surface area contributed by atoms with Crippen LogP contribution >= 0.6 is 0 Å². The van der Waals surface area contributed by atoms with Crippen molar-refractivity contribution in [2.45, 2.75) is 45.1 Å². The summed E-state index contributed by atoms with van der Waals surface area (Å²) < 4.78 is 27.3. The van der Waals surface area contributed by atoms with Crippen LogP contribution in [0.4, 0.5) is 5.69 Å². The highest BCUT2D eigenvalue weighted by Crippen LogP contribution is 2.32. The normalized spacial score (nSPS) is 28.5. The van der Waals surface area contributed by atoms with E-state index in [0.29, 0.717) is 29.0 Å². The molecule has 0 spiro atoms. The molecule has 20 heavy (non-hydrogen) atoms. The zero-order chi connectivity index (χ0) is 15.1. The summed E-state index contributed by atoms with van der Waals surface area (Å²) in [5.41, 5.74) is 7.28. The second kappa shape index (κ2) is 5.37. The fraction of sp³-hybridized carbons (Fsp3) is 0.600. The first-order valence-electron chi connectivity index (χ1n) is 7.11. The third-order valence-electron chi connectivity index (χ3n) is 4.40. The molecule has 0 saturated carbocycles. The van der Waals surface area contributed by atoms with Crippen LogP contribution in [0.3, 0.4) is 0 Å². The van der Waals surface area contributed by atoms with Gasteiger partial charge in [-0.15, -0.1) is 0 Å². The summed E-state index contributed by atoms with van der Waals surface area (Å²) in [6.07, 6.45) is 1.07. The van der Waals surface area contributed by atoms with Crippen LogP contribution in [0.1, 0.15) is 32.8 Å². The van der Waals surface area contributed by atoms with Crippen molar-refractivity contribution in [2.75, 3.05) is 12.3 Å². The van der Waals surface area contributed by atoms with Gasteiger partial charge in [0.1, 0.15) is 0 Å². The van der Waals surface area contributed by atoms with Crippen LogP contribution in [0.15, 0.2) is 23.1 Å². The molecule has 1 aromatic rings. The van der Waals surface area contributed by atoms with Crippen molar-refractivity contribution in [2.24, 2.45) is 11.8 Å². The molecule has 1 fully saturated rings. The quantitative estimate of drug-likeness (QED) is 0.853. The third-order valence-corrected chi connectivity index (χ3v) is 6.35. The first kappa shape index (κ1) is 15.3. The average Bonchev–Trinajstić information content (AvgIpc) is 2.36. The van der Waals surface area contributed by atoms with E-state index < -0.39 is 10.0 Å². The molecule has 112 valence electrons. The largest absolute Gasteiger partial charge is 0.398 e. The number of hydrogen-bond acceptors (Lipinski definition) is 3. The van der Waals surface area contributed by atoms with Gasteiger partial charge < -0.3 is 5.73 Å². The maximum Gasteiger partial charge on any atom is 0.243 e. The van der Waals surface area contributed by atoms with Crippen molar-refractivity contribution in [1.29, 1.82) is 0 Å². The Balaban J connectivity index is 2.40. The lowest BCUT2D eigenvalue weighted by atomic mass is 9.88. The van der Waals surface area contributed by atoms with Gasteiger partial charge in [-0.3, -0.25) is 0 Å². The first-order valence-corrected chi connectivity index (χ1v) is 8.55. The molecule has 3 unspecified atom stereocenters. The molecule has 5 heteroatoms. The van der Waals surface area contributed by atoms with Crippen LogP contribution in [0, 0.1) is 18.8 Å². The average molecular weight is 296 g/mol. The van der Waals surface area contributed by atoms with E-state index >= 15 is 0 Å². The Bertz CT molecular complexity index is 598. The Morgan fingerprint density at radius 2 is 1.90 bits per heavy atom.